The summed E-state index contributed by atoms with van der Waals surface area (Å²) in [6, 6.07) is 10.7. The maximum atomic E-state index is 12.6. The molecule has 0 aromatic heterocycles. The van der Waals surface area contributed by atoms with Gasteiger partial charge in [0.1, 0.15) is 5.75 Å². The largest absolute Gasteiger partial charge is 0.495 e. The van der Waals surface area contributed by atoms with E-state index in [0.29, 0.717) is 41.6 Å². The molecule has 2 amide bonds. The van der Waals surface area contributed by atoms with Crippen LogP contribution < -0.4 is 19.5 Å². The van der Waals surface area contributed by atoms with E-state index in [1.807, 2.05) is 25.1 Å². The number of carbonyl (C=O) groups excluding carboxylic acids is 2. The monoisotopic (exact) mass is 368 g/mol. The molecule has 0 saturated carbocycles. The summed E-state index contributed by atoms with van der Waals surface area (Å²) >= 11 is 0. The van der Waals surface area contributed by atoms with Crippen LogP contribution in [0.5, 0.6) is 17.2 Å². The molecule has 0 aliphatic carbocycles. The molecule has 0 radical (unpaired) electrons. The number of aryl methyl sites for hydroxylation is 1. The number of nitrogens with zero attached hydrogens (tertiary/aromatic N) is 1. The zero-order valence-electron chi connectivity index (χ0n) is 15.2. The summed E-state index contributed by atoms with van der Waals surface area (Å²) < 4.78 is 15.8. The third-order valence-corrected chi connectivity index (χ3v) is 4.77. The topological polar surface area (TPSA) is 77.1 Å². The van der Waals surface area contributed by atoms with Crippen LogP contribution in [0.4, 0.5) is 5.69 Å². The highest BCUT2D eigenvalue weighted by Crippen LogP contribution is 2.33. The van der Waals surface area contributed by atoms with Gasteiger partial charge in [-0.05, 0) is 42.8 Å². The molecule has 4 rings (SSSR count). The number of nitrogens with one attached hydrogen (secondary N) is 1. The number of anilines is 1. The van der Waals surface area contributed by atoms with E-state index in [2.05, 4.69) is 5.32 Å². The standard InChI is InChI=1S/C20H20N2O5/c1-12-3-5-16(25-2)15(7-12)21-19(23)14-9-22(10-14)20(24)13-4-6-17-18(8-13)27-11-26-17/h3-8,14H,9-11H2,1-2H3,(H,21,23). The van der Waals surface area contributed by atoms with Crippen LogP contribution in [0.15, 0.2) is 36.4 Å². The summed E-state index contributed by atoms with van der Waals surface area (Å²) in [5.74, 6) is 1.34. The first-order valence-corrected chi connectivity index (χ1v) is 8.69. The van der Waals surface area contributed by atoms with Gasteiger partial charge in [0, 0.05) is 18.7 Å². The zero-order chi connectivity index (χ0) is 19.0. The molecule has 2 aliphatic rings. The van der Waals surface area contributed by atoms with E-state index in [1.54, 1.807) is 30.2 Å². The first kappa shape index (κ1) is 17.2. The summed E-state index contributed by atoms with van der Waals surface area (Å²) in [6.45, 7) is 2.88. The van der Waals surface area contributed by atoms with E-state index in [1.165, 1.54) is 0 Å². The van der Waals surface area contributed by atoms with E-state index < -0.39 is 0 Å². The number of methoxy groups -OCH3 is 1. The Morgan fingerprint density at radius 3 is 2.67 bits per heavy atom. The van der Waals surface area contributed by atoms with Crippen LogP contribution in [0.3, 0.4) is 0 Å². The van der Waals surface area contributed by atoms with Crippen molar-refractivity contribution >= 4 is 17.5 Å². The number of hydrogen-bond donors (Lipinski definition) is 1. The lowest BCUT2D eigenvalue weighted by atomic mass is 9.97. The molecule has 2 aromatic carbocycles. The van der Waals surface area contributed by atoms with Gasteiger partial charge in [-0.25, -0.2) is 0 Å². The SMILES string of the molecule is COc1ccc(C)cc1NC(=O)C1CN(C(=O)c2ccc3c(c2)OCO3)C1. The van der Waals surface area contributed by atoms with Crippen LogP contribution in [-0.2, 0) is 4.79 Å². The minimum Gasteiger partial charge on any atom is -0.495 e. The van der Waals surface area contributed by atoms with Crippen molar-refractivity contribution in [2.45, 2.75) is 6.92 Å². The van der Waals surface area contributed by atoms with Crippen molar-refractivity contribution in [2.24, 2.45) is 5.92 Å². The minimum absolute atomic E-state index is 0.117. The van der Waals surface area contributed by atoms with E-state index in [4.69, 9.17) is 14.2 Å². The lowest BCUT2D eigenvalue weighted by Crippen LogP contribution is -2.54. The Balaban J connectivity index is 1.37. The molecule has 0 spiro atoms. The Labute approximate surface area is 156 Å². The molecule has 1 saturated heterocycles. The molecule has 0 unspecified atom stereocenters. The van der Waals surface area contributed by atoms with Gasteiger partial charge >= 0.3 is 0 Å². The summed E-state index contributed by atoms with van der Waals surface area (Å²) in [6.07, 6.45) is 0. The van der Waals surface area contributed by atoms with Gasteiger partial charge in [0.2, 0.25) is 12.7 Å². The first-order chi connectivity index (χ1) is 13.0. The van der Waals surface area contributed by atoms with Gasteiger partial charge < -0.3 is 24.4 Å². The van der Waals surface area contributed by atoms with Gasteiger partial charge in [-0.1, -0.05) is 6.07 Å². The van der Waals surface area contributed by atoms with Crippen molar-refractivity contribution in [1.82, 2.24) is 4.90 Å². The van der Waals surface area contributed by atoms with Crippen molar-refractivity contribution in [1.29, 1.82) is 0 Å². The second-order valence-electron chi connectivity index (χ2n) is 6.67. The Morgan fingerprint density at radius 2 is 1.89 bits per heavy atom. The quantitative estimate of drug-likeness (QED) is 0.897. The van der Waals surface area contributed by atoms with Gasteiger partial charge in [0.05, 0.1) is 18.7 Å². The molecule has 1 fully saturated rings. The van der Waals surface area contributed by atoms with Gasteiger partial charge in [0.15, 0.2) is 11.5 Å². The van der Waals surface area contributed by atoms with Crippen molar-refractivity contribution in [3.05, 3.63) is 47.5 Å². The predicted octanol–water partition coefficient (Wildman–Crippen LogP) is 2.44. The van der Waals surface area contributed by atoms with Crippen molar-refractivity contribution in [3.8, 4) is 17.2 Å². The van der Waals surface area contributed by atoms with Crippen molar-refractivity contribution < 1.29 is 23.8 Å². The van der Waals surface area contributed by atoms with Crippen LogP contribution >= 0.6 is 0 Å². The maximum absolute atomic E-state index is 12.6. The average molecular weight is 368 g/mol. The molecule has 2 aliphatic heterocycles. The number of hydrogen-bond acceptors (Lipinski definition) is 5. The van der Waals surface area contributed by atoms with Crippen LogP contribution in [-0.4, -0.2) is 43.7 Å². The maximum Gasteiger partial charge on any atom is 0.254 e. The van der Waals surface area contributed by atoms with E-state index in [0.717, 1.165) is 5.56 Å². The van der Waals surface area contributed by atoms with E-state index in [9.17, 15) is 9.59 Å². The second-order valence-corrected chi connectivity index (χ2v) is 6.67. The van der Waals surface area contributed by atoms with Gasteiger partial charge in [-0.3, -0.25) is 9.59 Å². The number of benzene rings is 2. The fourth-order valence-corrected chi connectivity index (χ4v) is 3.18. The van der Waals surface area contributed by atoms with Crippen LogP contribution in [0.1, 0.15) is 15.9 Å². The summed E-state index contributed by atoms with van der Waals surface area (Å²) in [7, 11) is 1.56. The Kier molecular flexibility index (Phi) is 4.35. The molecule has 0 bridgehead atoms. The molecule has 1 N–H and O–H groups in total. The Bertz CT molecular complexity index is 905. The molecule has 140 valence electrons. The molecular formula is C20H20N2O5. The zero-order valence-corrected chi connectivity index (χ0v) is 15.2. The fraction of sp³-hybridized carbons (Fsp3) is 0.300. The lowest BCUT2D eigenvalue weighted by Gasteiger charge is -2.38. The Morgan fingerprint density at radius 1 is 1.11 bits per heavy atom. The average Bonchev–Trinajstić information content (AvgIpc) is 3.08. The normalized spacial score (nSPS) is 15.3. The highest BCUT2D eigenvalue weighted by molar-refractivity contribution is 5.99. The summed E-state index contributed by atoms with van der Waals surface area (Å²) in [5, 5.41) is 2.90. The van der Waals surface area contributed by atoms with Crippen LogP contribution in [0, 0.1) is 12.8 Å². The molecule has 7 heteroatoms. The number of fused-ring (bicyclic) bond motifs is 1. The molecule has 2 aromatic rings. The minimum atomic E-state index is -0.242. The smallest absolute Gasteiger partial charge is 0.254 e. The third-order valence-electron chi connectivity index (χ3n) is 4.77. The Hall–Kier alpha value is -3.22. The summed E-state index contributed by atoms with van der Waals surface area (Å²) in [5.41, 5.74) is 2.20. The van der Waals surface area contributed by atoms with E-state index in [-0.39, 0.29) is 24.5 Å². The summed E-state index contributed by atoms with van der Waals surface area (Å²) in [4.78, 5) is 26.7. The predicted molar refractivity (Wildman–Crippen MR) is 98.3 cm³/mol. The highest BCUT2D eigenvalue weighted by Gasteiger charge is 2.36. The number of likely N-dealkylation sites (tertiary alicyclic amines) is 1. The molecule has 7 nitrogen and oxygen atoms in total. The van der Waals surface area contributed by atoms with Crippen molar-refractivity contribution in [2.75, 3.05) is 32.3 Å². The number of carbonyl (C=O) groups is 2. The number of rotatable bonds is 4. The molecule has 2 heterocycles. The lowest BCUT2D eigenvalue weighted by molar-refractivity contribution is -0.123. The van der Waals surface area contributed by atoms with Gasteiger partial charge in [0.25, 0.3) is 5.91 Å². The van der Waals surface area contributed by atoms with Crippen molar-refractivity contribution in [3.63, 3.8) is 0 Å². The van der Waals surface area contributed by atoms with Gasteiger partial charge in [-0.15, -0.1) is 0 Å². The molecule has 0 atom stereocenters. The van der Waals surface area contributed by atoms with Gasteiger partial charge in [-0.2, -0.15) is 0 Å². The molecular weight excluding hydrogens is 348 g/mol. The number of amides is 2. The molecule has 27 heavy (non-hydrogen) atoms. The number of ether oxygens (including phenoxy) is 3. The first-order valence-electron chi connectivity index (χ1n) is 8.69. The van der Waals surface area contributed by atoms with Crippen LogP contribution in [0.25, 0.3) is 0 Å². The second kappa shape index (κ2) is 6.83. The highest BCUT2D eigenvalue weighted by atomic mass is 16.7. The third kappa shape index (κ3) is 3.28. The van der Waals surface area contributed by atoms with Crippen LogP contribution in [0.2, 0.25) is 0 Å². The fourth-order valence-electron chi connectivity index (χ4n) is 3.18. The van der Waals surface area contributed by atoms with E-state index >= 15 is 0 Å².